The Morgan fingerprint density at radius 2 is 2.27 bits per heavy atom. The number of hydrogen-bond donors (Lipinski definition) is 2. The third-order valence-corrected chi connectivity index (χ3v) is 3.10. The molecule has 82 valence electrons. The highest BCUT2D eigenvalue weighted by Crippen LogP contribution is 2.36. The monoisotopic (exact) mass is 206 g/mol. The first-order valence-electron chi connectivity index (χ1n) is 5.62. The molecule has 4 nitrogen and oxygen atoms in total. The van der Waals surface area contributed by atoms with Crippen molar-refractivity contribution in [1.29, 1.82) is 0 Å². The Kier molecular flexibility index (Phi) is 2.75. The second-order valence-corrected chi connectivity index (χ2v) is 4.09. The van der Waals surface area contributed by atoms with E-state index >= 15 is 0 Å². The predicted octanol–water partition coefficient (Wildman–Crippen LogP) is 1.83. The van der Waals surface area contributed by atoms with E-state index in [0.717, 1.165) is 23.7 Å². The first-order valence-corrected chi connectivity index (χ1v) is 5.62. The summed E-state index contributed by atoms with van der Waals surface area (Å²) in [6, 6.07) is 0.592. The lowest BCUT2D eigenvalue weighted by molar-refractivity contribution is 0.772. The summed E-state index contributed by atoms with van der Waals surface area (Å²) in [5, 5.41) is 3.45. The van der Waals surface area contributed by atoms with Gasteiger partial charge in [-0.2, -0.15) is 0 Å². The number of nitrogens with zero attached hydrogens (tertiary/aromatic N) is 2. The number of anilines is 2. The van der Waals surface area contributed by atoms with Gasteiger partial charge in [-0.15, -0.1) is 0 Å². The normalized spacial score (nSPS) is 23.9. The summed E-state index contributed by atoms with van der Waals surface area (Å²) < 4.78 is 0. The van der Waals surface area contributed by atoms with Crippen molar-refractivity contribution >= 4 is 11.6 Å². The van der Waals surface area contributed by atoms with Crippen LogP contribution >= 0.6 is 0 Å². The lowest BCUT2D eigenvalue weighted by atomic mass is 10.2. The van der Waals surface area contributed by atoms with Crippen LogP contribution in [0, 0.1) is 5.92 Å². The molecule has 2 unspecified atom stereocenters. The van der Waals surface area contributed by atoms with E-state index in [2.05, 4.69) is 29.1 Å². The van der Waals surface area contributed by atoms with Gasteiger partial charge in [0.1, 0.15) is 18.0 Å². The maximum absolute atomic E-state index is 5.80. The molecule has 1 saturated carbocycles. The molecule has 4 heteroatoms. The Labute approximate surface area is 90.3 Å². The van der Waals surface area contributed by atoms with Gasteiger partial charge in [-0.1, -0.05) is 20.3 Å². The molecule has 1 aliphatic carbocycles. The SMILES string of the molecule is CCc1c(N)ncnc1NC1CC1CC. The fourth-order valence-electron chi connectivity index (χ4n) is 1.95. The maximum Gasteiger partial charge on any atom is 0.134 e. The molecule has 15 heavy (non-hydrogen) atoms. The molecule has 0 aliphatic heterocycles. The van der Waals surface area contributed by atoms with Gasteiger partial charge in [-0.25, -0.2) is 9.97 Å². The third-order valence-electron chi connectivity index (χ3n) is 3.10. The molecule has 0 spiro atoms. The molecular formula is C11H18N4. The average Bonchev–Trinajstić information content (AvgIpc) is 2.97. The van der Waals surface area contributed by atoms with Crippen LogP contribution in [0.2, 0.25) is 0 Å². The van der Waals surface area contributed by atoms with Crippen LogP contribution in [0.5, 0.6) is 0 Å². The average molecular weight is 206 g/mol. The topological polar surface area (TPSA) is 63.8 Å². The van der Waals surface area contributed by atoms with Gasteiger partial charge in [-0.3, -0.25) is 0 Å². The van der Waals surface area contributed by atoms with Gasteiger partial charge in [0.2, 0.25) is 0 Å². The minimum Gasteiger partial charge on any atom is -0.383 e. The third kappa shape index (κ3) is 2.03. The maximum atomic E-state index is 5.80. The molecule has 1 aliphatic rings. The first-order chi connectivity index (χ1) is 7.26. The predicted molar refractivity (Wildman–Crippen MR) is 61.6 cm³/mol. The zero-order valence-corrected chi connectivity index (χ0v) is 9.33. The second-order valence-electron chi connectivity index (χ2n) is 4.09. The molecule has 1 aromatic rings. The van der Waals surface area contributed by atoms with Gasteiger partial charge >= 0.3 is 0 Å². The summed E-state index contributed by atoms with van der Waals surface area (Å²) in [5.41, 5.74) is 6.85. The molecule has 2 atom stereocenters. The van der Waals surface area contributed by atoms with Crippen LogP contribution in [0.1, 0.15) is 32.3 Å². The summed E-state index contributed by atoms with van der Waals surface area (Å²) in [7, 11) is 0. The minimum absolute atomic E-state index is 0.592. The zero-order valence-electron chi connectivity index (χ0n) is 9.33. The Morgan fingerprint density at radius 1 is 1.47 bits per heavy atom. The van der Waals surface area contributed by atoms with Gasteiger partial charge in [0.05, 0.1) is 0 Å². The van der Waals surface area contributed by atoms with Gasteiger partial charge in [0.25, 0.3) is 0 Å². The zero-order chi connectivity index (χ0) is 10.8. The molecule has 0 bridgehead atoms. The number of nitrogen functional groups attached to an aromatic ring is 1. The van der Waals surface area contributed by atoms with Crippen molar-refractivity contribution in [3.05, 3.63) is 11.9 Å². The molecule has 1 heterocycles. The Hall–Kier alpha value is -1.32. The largest absolute Gasteiger partial charge is 0.383 e. The number of hydrogen-bond acceptors (Lipinski definition) is 4. The Balaban J connectivity index is 2.11. The van der Waals surface area contributed by atoms with Crippen LogP contribution in [0.4, 0.5) is 11.6 Å². The highest BCUT2D eigenvalue weighted by atomic mass is 15.1. The lowest BCUT2D eigenvalue weighted by Crippen LogP contribution is -2.10. The van der Waals surface area contributed by atoms with Crippen LogP contribution in [-0.4, -0.2) is 16.0 Å². The van der Waals surface area contributed by atoms with Crippen LogP contribution in [-0.2, 0) is 6.42 Å². The number of nitrogens with one attached hydrogen (secondary N) is 1. The van der Waals surface area contributed by atoms with Crippen LogP contribution in [0.15, 0.2) is 6.33 Å². The smallest absolute Gasteiger partial charge is 0.134 e. The molecule has 0 saturated heterocycles. The molecule has 0 aromatic carbocycles. The van der Waals surface area contributed by atoms with E-state index in [1.54, 1.807) is 0 Å². The van der Waals surface area contributed by atoms with E-state index < -0.39 is 0 Å². The fourth-order valence-corrected chi connectivity index (χ4v) is 1.95. The summed E-state index contributed by atoms with van der Waals surface area (Å²) >= 11 is 0. The Morgan fingerprint density at radius 3 is 2.87 bits per heavy atom. The molecule has 3 N–H and O–H groups in total. The van der Waals surface area contributed by atoms with Crippen molar-refractivity contribution in [3.63, 3.8) is 0 Å². The van der Waals surface area contributed by atoms with E-state index in [0.29, 0.717) is 11.9 Å². The number of rotatable bonds is 4. The quantitative estimate of drug-likeness (QED) is 0.789. The summed E-state index contributed by atoms with van der Waals surface area (Å²) in [6.07, 6.45) is 4.89. The molecule has 1 aromatic heterocycles. The van der Waals surface area contributed by atoms with E-state index in [4.69, 9.17) is 5.73 Å². The second kappa shape index (κ2) is 4.04. The first kappa shape index (κ1) is 10.2. The van der Waals surface area contributed by atoms with Crippen molar-refractivity contribution in [1.82, 2.24) is 9.97 Å². The van der Waals surface area contributed by atoms with Crippen molar-refractivity contribution in [2.45, 2.75) is 39.2 Å². The summed E-state index contributed by atoms with van der Waals surface area (Å²) in [5.74, 6) is 2.33. The van der Waals surface area contributed by atoms with Crippen LogP contribution < -0.4 is 11.1 Å². The van der Waals surface area contributed by atoms with Crippen molar-refractivity contribution in [2.24, 2.45) is 5.92 Å². The highest BCUT2D eigenvalue weighted by Gasteiger charge is 2.35. The number of nitrogens with two attached hydrogens (primary N) is 1. The lowest BCUT2D eigenvalue weighted by Gasteiger charge is -2.10. The van der Waals surface area contributed by atoms with Crippen molar-refractivity contribution < 1.29 is 0 Å². The van der Waals surface area contributed by atoms with Crippen molar-refractivity contribution in [3.8, 4) is 0 Å². The summed E-state index contributed by atoms with van der Waals surface area (Å²) in [4.78, 5) is 8.26. The van der Waals surface area contributed by atoms with Gasteiger partial charge < -0.3 is 11.1 Å². The molecule has 1 fully saturated rings. The van der Waals surface area contributed by atoms with Gasteiger partial charge in [0.15, 0.2) is 0 Å². The molecule has 2 rings (SSSR count). The van der Waals surface area contributed by atoms with Gasteiger partial charge in [0, 0.05) is 11.6 Å². The molecule has 0 amide bonds. The van der Waals surface area contributed by atoms with E-state index in [9.17, 15) is 0 Å². The summed E-state index contributed by atoms with van der Waals surface area (Å²) in [6.45, 7) is 4.30. The molecular weight excluding hydrogens is 188 g/mol. The number of aromatic nitrogens is 2. The minimum atomic E-state index is 0.592. The van der Waals surface area contributed by atoms with Crippen LogP contribution in [0.25, 0.3) is 0 Å². The van der Waals surface area contributed by atoms with E-state index in [-0.39, 0.29) is 0 Å². The highest BCUT2D eigenvalue weighted by molar-refractivity contribution is 5.55. The van der Waals surface area contributed by atoms with Gasteiger partial charge in [-0.05, 0) is 18.8 Å². The van der Waals surface area contributed by atoms with Crippen molar-refractivity contribution in [2.75, 3.05) is 11.1 Å². The van der Waals surface area contributed by atoms with Crippen LogP contribution in [0.3, 0.4) is 0 Å². The van der Waals surface area contributed by atoms with E-state index in [1.165, 1.54) is 19.2 Å². The Bertz CT molecular complexity index is 350. The fraction of sp³-hybridized carbons (Fsp3) is 0.636. The standard InChI is InChI=1S/C11H18N4/c1-3-7-5-9(7)15-11-8(4-2)10(12)13-6-14-11/h6-7,9H,3-5H2,1-2H3,(H3,12,13,14,15). The molecule has 0 radical (unpaired) electrons. The van der Waals surface area contributed by atoms with E-state index in [1.807, 2.05) is 0 Å².